The van der Waals surface area contributed by atoms with Crippen LogP contribution in [0.4, 0.5) is 5.69 Å². The molecule has 27 heavy (non-hydrogen) atoms. The zero-order valence-corrected chi connectivity index (χ0v) is 15.7. The van der Waals surface area contributed by atoms with Crippen molar-refractivity contribution in [3.63, 3.8) is 0 Å². The van der Waals surface area contributed by atoms with E-state index in [0.717, 1.165) is 16.8 Å². The Balaban J connectivity index is 2.10. The fourth-order valence-corrected chi connectivity index (χ4v) is 3.03. The Bertz CT molecular complexity index is 943. The van der Waals surface area contributed by atoms with Crippen LogP contribution in [0, 0.1) is 13.8 Å². The average molecular weight is 362 g/mol. The van der Waals surface area contributed by atoms with Gasteiger partial charge in [0.2, 0.25) is 0 Å². The van der Waals surface area contributed by atoms with Crippen molar-refractivity contribution in [2.75, 3.05) is 19.0 Å². The molecule has 1 heterocycles. The number of hydrogen-bond donors (Lipinski definition) is 1. The highest BCUT2D eigenvalue weighted by atomic mass is 16.5. The lowest BCUT2D eigenvalue weighted by atomic mass is 10.0. The van der Waals surface area contributed by atoms with Crippen molar-refractivity contribution < 1.29 is 14.3 Å². The fraction of sp³-hybridized carbons (Fsp3) is 0.182. The average Bonchev–Trinajstić information content (AvgIpc) is 2.90. The molecule has 0 radical (unpaired) electrons. The number of carbonyl (C=O) groups excluding carboxylic acids is 2. The van der Waals surface area contributed by atoms with Gasteiger partial charge in [-0.05, 0) is 48.7 Å². The summed E-state index contributed by atoms with van der Waals surface area (Å²) >= 11 is 0. The first kappa shape index (κ1) is 18.5. The second kappa shape index (κ2) is 7.50. The van der Waals surface area contributed by atoms with Crippen molar-refractivity contribution in [1.82, 2.24) is 4.90 Å². The summed E-state index contributed by atoms with van der Waals surface area (Å²) in [6.45, 7) is 7.79. The maximum absolute atomic E-state index is 12.9. The van der Waals surface area contributed by atoms with Crippen molar-refractivity contribution in [1.29, 1.82) is 0 Å². The number of hydrogen-bond acceptors (Lipinski definition) is 4. The molecule has 0 aliphatic carbocycles. The first-order valence-electron chi connectivity index (χ1n) is 8.67. The summed E-state index contributed by atoms with van der Waals surface area (Å²) in [6, 6.07) is 12.9. The minimum Gasteiger partial charge on any atom is -0.497 e. The van der Waals surface area contributed by atoms with E-state index in [4.69, 9.17) is 4.74 Å². The molecular weight excluding hydrogens is 340 g/mol. The highest BCUT2D eigenvalue weighted by Crippen LogP contribution is 2.32. The maximum atomic E-state index is 12.9. The molecule has 0 aromatic heterocycles. The van der Waals surface area contributed by atoms with Crippen molar-refractivity contribution in [2.45, 2.75) is 13.8 Å². The number of benzene rings is 2. The Kier molecular flexibility index (Phi) is 5.12. The van der Waals surface area contributed by atoms with Crippen molar-refractivity contribution in [2.24, 2.45) is 0 Å². The number of anilines is 1. The lowest BCUT2D eigenvalue weighted by Gasteiger charge is -2.14. The minimum absolute atomic E-state index is 0.162. The topological polar surface area (TPSA) is 58.6 Å². The predicted octanol–water partition coefficient (Wildman–Crippen LogP) is 3.69. The van der Waals surface area contributed by atoms with Gasteiger partial charge in [-0.2, -0.15) is 0 Å². The van der Waals surface area contributed by atoms with Gasteiger partial charge in [-0.3, -0.25) is 14.5 Å². The van der Waals surface area contributed by atoms with Gasteiger partial charge in [0.1, 0.15) is 11.4 Å². The van der Waals surface area contributed by atoms with E-state index in [9.17, 15) is 9.59 Å². The smallest absolute Gasteiger partial charge is 0.278 e. The number of aryl methyl sites for hydroxylation is 1. The fourth-order valence-electron chi connectivity index (χ4n) is 3.03. The van der Waals surface area contributed by atoms with E-state index in [-0.39, 0.29) is 24.1 Å². The van der Waals surface area contributed by atoms with E-state index in [1.165, 1.54) is 4.90 Å². The first-order valence-corrected chi connectivity index (χ1v) is 8.67. The summed E-state index contributed by atoms with van der Waals surface area (Å²) in [5, 5.41) is 3.20. The number of nitrogens with zero attached hydrogens (tertiary/aromatic N) is 1. The number of methoxy groups -OCH3 is 1. The molecule has 0 saturated carbocycles. The third kappa shape index (κ3) is 3.36. The quantitative estimate of drug-likeness (QED) is 0.629. The molecule has 0 fully saturated rings. The van der Waals surface area contributed by atoms with E-state index in [1.807, 2.05) is 32.0 Å². The third-order valence-corrected chi connectivity index (χ3v) is 4.72. The lowest BCUT2D eigenvalue weighted by Crippen LogP contribution is -2.32. The molecule has 1 aliphatic rings. The maximum Gasteiger partial charge on any atom is 0.278 e. The van der Waals surface area contributed by atoms with Gasteiger partial charge in [-0.25, -0.2) is 0 Å². The second-order valence-electron chi connectivity index (χ2n) is 6.36. The number of amides is 2. The lowest BCUT2D eigenvalue weighted by molar-refractivity contribution is -0.136. The molecule has 138 valence electrons. The SMILES string of the molecule is C=CCN1C(=O)C(Nc2cccc(C)c2C)=C(c2ccc(OC)cc2)C1=O. The minimum atomic E-state index is -0.355. The molecule has 2 aromatic carbocycles. The highest BCUT2D eigenvalue weighted by molar-refractivity contribution is 6.36. The van der Waals surface area contributed by atoms with Crippen LogP contribution < -0.4 is 10.1 Å². The summed E-state index contributed by atoms with van der Waals surface area (Å²) < 4.78 is 5.18. The molecular formula is C22H22N2O3. The molecule has 0 bridgehead atoms. The van der Waals surface area contributed by atoms with Crippen molar-refractivity contribution in [3.05, 3.63) is 77.5 Å². The van der Waals surface area contributed by atoms with Crippen molar-refractivity contribution >= 4 is 23.1 Å². The molecule has 1 N–H and O–H groups in total. The van der Waals surface area contributed by atoms with E-state index >= 15 is 0 Å². The van der Waals surface area contributed by atoms with Crippen LogP contribution in [-0.2, 0) is 9.59 Å². The van der Waals surface area contributed by atoms with Gasteiger partial charge in [0.25, 0.3) is 11.8 Å². The van der Waals surface area contributed by atoms with Crippen LogP contribution >= 0.6 is 0 Å². The second-order valence-corrected chi connectivity index (χ2v) is 6.36. The van der Waals surface area contributed by atoms with Gasteiger partial charge < -0.3 is 10.1 Å². The first-order chi connectivity index (χ1) is 13.0. The van der Waals surface area contributed by atoms with E-state index in [0.29, 0.717) is 16.9 Å². The number of rotatable bonds is 6. The Labute approximate surface area is 158 Å². The third-order valence-electron chi connectivity index (χ3n) is 4.72. The number of nitrogens with one attached hydrogen (secondary N) is 1. The van der Waals surface area contributed by atoms with Gasteiger partial charge in [0.15, 0.2) is 0 Å². The van der Waals surface area contributed by atoms with Gasteiger partial charge in [0.05, 0.1) is 12.7 Å². The largest absolute Gasteiger partial charge is 0.497 e. The Morgan fingerprint density at radius 2 is 1.78 bits per heavy atom. The highest BCUT2D eigenvalue weighted by Gasteiger charge is 2.38. The van der Waals surface area contributed by atoms with Crippen LogP contribution in [0.5, 0.6) is 5.75 Å². The summed E-state index contributed by atoms with van der Waals surface area (Å²) in [5.41, 5.74) is 4.23. The molecule has 0 spiro atoms. The van der Waals surface area contributed by atoms with Crippen LogP contribution in [0.25, 0.3) is 5.57 Å². The summed E-state index contributed by atoms with van der Waals surface area (Å²) in [4.78, 5) is 27.1. The Morgan fingerprint density at radius 3 is 2.41 bits per heavy atom. The normalized spacial score (nSPS) is 14.0. The van der Waals surface area contributed by atoms with Crippen LogP contribution in [0.15, 0.2) is 60.8 Å². The molecule has 0 unspecified atom stereocenters. The van der Waals surface area contributed by atoms with E-state index < -0.39 is 0 Å². The molecule has 1 aliphatic heterocycles. The summed E-state index contributed by atoms with van der Waals surface area (Å²) in [7, 11) is 1.58. The van der Waals surface area contributed by atoms with Crippen LogP contribution in [0.1, 0.15) is 16.7 Å². The zero-order chi connectivity index (χ0) is 19.6. The molecule has 2 amide bonds. The van der Waals surface area contributed by atoms with E-state index in [2.05, 4.69) is 11.9 Å². The zero-order valence-electron chi connectivity index (χ0n) is 15.7. The van der Waals surface area contributed by atoms with Crippen LogP contribution in [0.2, 0.25) is 0 Å². The van der Waals surface area contributed by atoms with Crippen LogP contribution in [-0.4, -0.2) is 30.4 Å². The molecule has 5 heteroatoms. The van der Waals surface area contributed by atoms with Gasteiger partial charge in [-0.15, -0.1) is 6.58 Å². The molecule has 3 rings (SSSR count). The molecule has 2 aromatic rings. The van der Waals surface area contributed by atoms with Crippen molar-refractivity contribution in [3.8, 4) is 5.75 Å². The Hall–Kier alpha value is -3.34. The summed E-state index contributed by atoms with van der Waals surface area (Å²) in [6.07, 6.45) is 1.54. The molecule has 0 atom stereocenters. The van der Waals surface area contributed by atoms with Gasteiger partial charge in [-0.1, -0.05) is 30.3 Å². The number of imide groups is 1. The van der Waals surface area contributed by atoms with Gasteiger partial charge in [0, 0.05) is 12.2 Å². The standard InChI is InChI=1S/C22H22N2O3/c1-5-13-24-21(25)19(16-9-11-17(27-4)12-10-16)20(22(24)26)23-18-8-6-7-14(2)15(18)3/h5-12,23H,1,13H2,2-4H3. The molecule has 5 nitrogen and oxygen atoms in total. The Morgan fingerprint density at radius 1 is 1.07 bits per heavy atom. The summed E-state index contributed by atoms with van der Waals surface area (Å²) in [5.74, 6) is -0.00685. The molecule has 0 saturated heterocycles. The monoisotopic (exact) mass is 362 g/mol. The number of ether oxygens (including phenoxy) is 1. The van der Waals surface area contributed by atoms with E-state index in [1.54, 1.807) is 37.5 Å². The number of carbonyl (C=O) groups is 2. The van der Waals surface area contributed by atoms with Gasteiger partial charge >= 0.3 is 0 Å². The predicted molar refractivity (Wildman–Crippen MR) is 106 cm³/mol. The van der Waals surface area contributed by atoms with Crippen LogP contribution in [0.3, 0.4) is 0 Å².